The molecule has 0 spiro atoms. The highest BCUT2D eigenvalue weighted by Crippen LogP contribution is 2.24. The van der Waals surface area contributed by atoms with Crippen LogP contribution in [0.1, 0.15) is 18.9 Å². The van der Waals surface area contributed by atoms with Crippen LogP contribution in [0.15, 0.2) is 23.2 Å². The average molecular weight is 518 g/mol. The first kappa shape index (κ1) is 24.0. The Kier molecular flexibility index (Phi) is 10.3. The summed E-state index contributed by atoms with van der Waals surface area (Å²) in [5.74, 6) is 2.61. The molecule has 2 N–H and O–H groups in total. The van der Waals surface area contributed by atoms with E-state index in [-0.39, 0.29) is 29.7 Å². The zero-order chi connectivity index (χ0) is 19.8. The molecule has 0 aliphatic carbocycles. The molecule has 2 heterocycles. The van der Waals surface area contributed by atoms with E-state index in [1.54, 1.807) is 13.2 Å². The van der Waals surface area contributed by atoms with Crippen molar-refractivity contribution in [2.45, 2.75) is 19.8 Å². The smallest absolute Gasteiger partial charge is 0.193 e. The van der Waals surface area contributed by atoms with E-state index in [1.165, 1.54) is 6.42 Å². The highest BCUT2D eigenvalue weighted by molar-refractivity contribution is 14.0. The van der Waals surface area contributed by atoms with E-state index in [0.29, 0.717) is 24.6 Å². The number of benzene rings is 1. The van der Waals surface area contributed by atoms with Crippen molar-refractivity contribution in [1.82, 2.24) is 15.1 Å². The summed E-state index contributed by atoms with van der Waals surface area (Å²) in [6.07, 6.45) is 1.91. The zero-order valence-corrected chi connectivity index (χ0v) is 19.9. The van der Waals surface area contributed by atoms with Gasteiger partial charge in [-0.05, 0) is 37.3 Å². The van der Waals surface area contributed by atoms with E-state index in [0.717, 1.165) is 64.0 Å². The third-order valence-electron chi connectivity index (χ3n) is 5.48. The molecule has 1 unspecified atom stereocenters. The fourth-order valence-corrected chi connectivity index (χ4v) is 3.91. The van der Waals surface area contributed by atoms with Gasteiger partial charge in [-0.25, -0.2) is 0 Å². The lowest BCUT2D eigenvalue weighted by molar-refractivity contribution is 0.0315. The molecule has 164 valence electrons. The molecule has 0 amide bonds. The maximum Gasteiger partial charge on any atom is 0.193 e. The molecule has 29 heavy (non-hydrogen) atoms. The summed E-state index contributed by atoms with van der Waals surface area (Å²) < 4.78 is 10.6. The first-order chi connectivity index (χ1) is 13.7. The van der Waals surface area contributed by atoms with Gasteiger partial charge in [0.25, 0.3) is 0 Å². The second-order valence-electron chi connectivity index (χ2n) is 7.49. The number of methoxy groups -OCH3 is 1. The van der Waals surface area contributed by atoms with E-state index in [9.17, 15) is 5.11 Å². The number of hydrogen-bond acceptors (Lipinski definition) is 5. The SMILES string of the molecule is CCNC(=NCCc1ccc(OC)cc1O)N1CCC(CN2CCOCC2)C1.I. The van der Waals surface area contributed by atoms with Crippen LogP contribution in [0.4, 0.5) is 0 Å². The van der Waals surface area contributed by atoms with Gasteiger partial charge in [0, 0.05) is 51.9 Å². The molecule has 3 rings (SSSR count). The normalized spacial score (nSPS) is 20.4. The Morgan fingerprint density at radius 1 is 1.31 bits per heavy atom. The number of rotatable bonds is 7. The van der Waals surface area contributed by atoms with Gasteiger partial charge in [-0.3, -0.25) is 9.89 Å². The van der Waals surface area contributed by atoms with Gasteiger partial charge in [0.1, 0.15) is 11.5 Å². The fraction of sp³-hybridized carbons (Fsp3) is 0.667. The number of morpholine rings is 1. The van der Waals surface area contributed by atoms with Crippen LogP contribution in [0.5, 0.6) is 11.5 Å². The molecule has 0 radical (unpaired) electrons. The Morgan fingerprint density at radius 3 is 2.79 bits per heavy atom. The van der Waals surface area contributed by atoms with Gasteiger partial charge in [0.15, 0.2) is 5.96 Å². The largest absolute Gasteiger partial charge is 0.508 e. The number of hydrogen-bond donors (Lipinski definition) is 2. The van der Waals surface area contributed by atoms with Crippen LogP contribution in [0.25, 0.3) is 0 Å². The molecule has 1 aromatic rings. The fourth-order valence-electron chi connectivity index (χ4n) is 3.91. The number of ether oxygens (including phenoxy) is 2. The highest BCUT2D eigenvalue weighted by atomic mass is 127. The minimum atomic E-state index is 0. The minimum Gasteiger partial charge on any atom is -0.508 e. The van der Waals surface area contributed by atoms with Crippen LogP contribution in [0, 0.1) is 5.92 Å². The Morgan fingerprint density at radius 2 is 2.10 bits per heavy atom. The lowest BCUT2D eigenvalue weighted by Gasteiger charge is -2.29. The van der Waals surface area contributed by atoms with Crippen molar-refractivity contribution in [3.63, 3.8) is 0 Å². The van der Waals surface area contributed by atoms with E-state index in [4.69, 9.17) is 14.5 Å². The van der Waals surface area contributed by atoms with Crippen molar-refractivity contribution in [3.05, 3.63) is 23.8 Å². The van der Waals surface area contributed by atoms with Crippen molar-refractivity contribution in [2.24, 2.45) is 10.9 Å². The minimum absolute atomic E-state index is 0. The first-order valence-corrected chi connectivity index (χ1v) is 10.4. The maximum atomic E-state index is 10.1. The van der Waals surface area contributed by atoms with Crippen molar-refractivity contribution >= 4 is 29.9 Å². The molecule has 0 bridgehead atoms. The summed E-state index contributed by atoms with van der Waals surface area (Å²) in [6.45, 7) is 10.7. The Labute approximate surface area is 191 Å². The summed E-state index contributed by atoms with van der Waals surface area (Å²) in [6, 6.07) is 5.44. The van der Waals surface area contributed by atoms with Crippen molar-refractivity contribution in [2.75, 3.05) is 66.1 Å². The molecule has 0 aromatic heterocycles. The summed E-state index contributed by atoms with van der Waals surface area (Å²) in [7, 11) is 1.60. The predicted octanol–water partition coefficient (Wildman–Crippen LogP) is 2.18. The monoisotopic (exact) mass is 518 g/mol. The molecule has 2 aliphatic heterocycles. The van der Waals surface area contributed by atoms with E-state index in [2.05, 4.69) is 22.0 Å². The van der Waals surface area contributed by atoms with Gasteiger partial charge in [0.05, 0.1) is 20.3 Å². The second kappa shape index (κ2) is 12.4. The second-order valence-corrected chi connectivity index (χ2v) is 7.49. The number of halogens is 1. The van der Waals surface area contributed by atoms with Crippen LogP contribution < -0.4 is 10.1 Å². The first-order valence-electron chi connectivity index (χ1n) is 10.4. The lowest BCUT2D eigenvalue weighted by Crippen LogP contribution is -2.42. The van der Waals surface area contributed by atoms with Crippen LogP contribution >= 0.6 is 24.0 Å². The molecule has 7 nitrogen and oxygen atoms in total. The predicted molar refractivity (Wildman–Crippen MR) is 127 cm³/mol. The number of aromatic hydroxyl groups is 1. The van der Waals surface area contributed by atoms with Crippen LogP contribution in [0.2, 0.25) is 0 Å². The Hall–Kier alpha value is -1.26. The van der Waals surface area contributed by atoms with Crippen molar-refractivity contribution < 1.29 is 14.6 Å². The van der Waals surface area contributed by atoms with Gasteiger partial charge in [0.2, 0.25) is 0 Å². The van der Waals surface area contributed by atoms with Gasteiger partial charge in [-0.1, -0.05) is 6.07 Å². The molecule has 2 saturated heterocycles. The zero-order valence-electron chi connectivity index (χ0n) is 17.6. The third kappa shape index (κ3) is 7.18. The number of phenolic OH excluding ortho intramolecular Hbond substituents is 1. The average Bonchev–Trinajstić information content (AvgIpc) is 3.17. The van der Waals surface area contributed by atoms with E-state index >= 15 is 0 Å². The number of aliphatic imine (C=N–C) groups is 1. The summed E-state index contributed by atoms with van der Waals surface area (Å²) >= 11 is 0. The lowest BCUT2D eigenvalue weighted by atomic mass is 10.1. The van der Waals surface area contributed by atoms with Crippen molar-refractivity contribution in [1.29, 1.82) is 0 Å². The van der Waals surface area contributed by atoms with Crippen molar-refractivity contribution in [3.8, 4) is 11.5 Å². The third-order valence-corrected chi connectivity index (χ3v) is 5.48. The molecule has 2 fully saturated rings. The molecule has 1 atom stereocenters. The summed E-state index contributed by atoms with van der Waals surface area (Å²) in [5.41, 5.74) is 0.895. The van der Waals surface area contributed by atoms with Crippen LogP contribution in [0.3, 0.4) is 0 Å². The molecule has 2 aliphatic rings. The Balaban J connectivity index is 0.00000300. The van der Waals surface area contributed by atoms with Gasteiger partial charge in [-0.2, -0.15) is 0 Å². The number of guanidine groups is 1. The maximum absolute atomic E-state index is 10.1. The van der Waals surface area contributed by atoms with Gasteiger partial charge < -0.3 is 24.8 Å². The standard InChI is InChI=1S/C21H34N4O3.HI/c1-3-22-21(23-8-6-18-4-5-19(27-2)14-20(18)26)25-9-7-17(16-25)15-24-10-12-28-13-11-24;/h4-5,14,17,26H,3,6-13,15-16H2,1-2H3,(H,22,23);1H. The molecular formula is C21H35IN4O3. The Bertz CT molecular complexity index is 653. The van der Waals surface area contributed by atoms with Crippen LogP contribution in [-0.4, -0.2) is 87.0 Å². The molecule has 1 aromatic carbocycles. The number of nitrogens with zero attached hydrogens (tertiary/aromatic N) is 3. The van der Waals surface area contributed by atoms with Gasteiger partial charge in [-0.15, -0.1) is 24.0 Å². The quantitative estimate of drug-likeness (QED) is 0.328. The van der Waals surface area contributed by atoms with Gasteiger partial charge >= 0.3 is 0 Å². The summed E-state index contributed by atoms with van der Waals surface area (Å²) in [4.78, 5) is 9.71. The highest BCUT2D eigenvalue weighted by Gasteiger charge is 2.27. The topological polar surface area (TPSA) is 69.6 Å². The summed E-state index contributed by atoms with van der Waals surface area (Å²) in [5, 5.41) is 13.6. The molecule has 0 saturated carbocycles. The van der Waals surface area contributed by atoms with E-state index in [1.807, 2.05) is 12.1 Å². The molecule has 8 heteroatoms. The number of nitrogens with one attached hydrogen (secondary N) is 1. The van der Waals surface area contributed by atoms with Crippen LogP contribution in [-0.2, 0) is 11.2 Å². The number of phenols is 1. The molecular weight excluding hydrogens is 483 g/mol. The number of likely N-dealkylation sites (tertiary alicyclic amines) is 1. The van der Waals surface area contributed by atoms with E-state index < -0.39 is 0 Å².